The fraction of sp³-hybridized carbons (Fsp3) is 0.250. The Labute approximate surface area is 89.5 Å². The zero-order valence-electron chi connectivity index (χ0n) is 9.07. The van der Waals surface area contributed by atoms with Crippen LogP contribution in [0.1, 0.15) is 11.3 Å². The Balaban J connectivity index is 2.62. The van der Waals surface area contributed by atoms with Crippen molar-refractivity contribution in [3.05, 3.63) is 41.6 Å². The van der Waals surface area contributed by atoms with Crippen LogP contribution in [-0.4, -0.2) is 9.78 Å². The van der Waals surface area contributed by atoms with Crippen LogP contribution in [0.4, 0.5) is 0 Å². The van der Waals surface area contributed by atoms with Crippen molar-refractivity contribution < 1.29 is 0 Å². The first-order valence-corrected chi connectivity index (χ1v) is 5.02. The largest absolute Gasteiger partial charge is 0.326 e. The molecular weight excluding hydrogens is 186 g/mol. The average Bonchev–Trinajstić information content (AvgIpc) is 2.54. The molecule has 0 aliphatic carbocycles. The summed E-state index contributed by atoms with van der Waals surface area (Å²) in [7, 11) is 1.95. The molecule has 0 fully saturated rings. The van der Waals surface area contributed by atoms with Gasteiger partial charge in [0.25, 0.3) is 0 Å². The fourth-order valence-corrected chi connectivity index (χ4v) is 1.90. The SMILES string of the molecule is Cc1nn(C)c(-c2ccccc2)c1CN. The van der Waals surface area contributed by atoms with Gasteiger partial charge in [0.05, 0.1) is 11.4 Å². The maximum absolute atomic E-state index is 5.75. The highest BCUT2D eigenvalue weighted by Crippen LogP contribution is 2.24. The van der Waals surface area contributed by atoms with Crippen LogP contribution in [0.2, 0.25) is 0 Å². The summed E-state index contributed by atoms with van der Waals surface area (Å²) in [5, 5.41) is 4.39. The summed E-state index contributed by atoms with van der Waals surface area (Å²) in [6, 6.07) is 10.2. The minimum Gasteiger partial charge on any atom is -0.326 e. The summed E-state index contributed by atoms with van der Waals surface area (Å²) in [5.41, 5.74) is 10.2. The lowest BCUT2D eigenvalue weighted by atomic mass is 10.1. The molecular formula is C12H15N3. The number of hydrogen-bond donors (Lipinski definition) is 1. The lowest BCUT2D eigenvalue weighted by molar-refractivity contribution is 0.764. The molecule has 0 amide bonds. The molecule has 0 aliphatic heterocycles. The molecule has 0 aliphatic rings. The van der Waals surface area contributed by atoms with Crippen molar-refractivity contribution >= 4 is 0 Å². The number of nitrogens with zero attached hydrogens (tertiary/aromatic N) is 2. The first-order valence-electron chi connectivity index (χ1n) is 5.02. The smallest absolute Gasteiger partial charge is 0.0726 e. The number of aromatic nitrogens is 2. The lowest BCUT2D eigenvalue weighted by Gasteiger charge is -2.04. The van der Waals surface area contributed by atoms with E-state index in [4.69, 9.17) is 5.73 Å². The first-order chi connectivity index (χ1) is 7.24. The Bertz CT molecular complexity index is 457. The highest BCUT2D eigenvalue weighted by molar-refractivity contribution is 5.64. The zero-order valence-corrected chi connectivity index (χ0v) is 9.07. The average molecular weight is 201 g/mol. The Morgan fingerprint density at radius 1 is 1.27 bits per heavy atom. The van der Waals surface area contributed by atoms with Crippen LogP contribution in [0, 0.1) is 6.92 Å². The van der Waals surface area contributed by atoms with E-state index in [1.54, 1.807) is 0 Å². The molecule has 0 atom stereocenters. The standard InChI is InChI=1S/C12H15N3/c1-9-11(8-13)12(15(2)14-9)10-6-4-3-5-7-10/h3-7H,8,13H2,1-2H3. The summed E-state index contributed by atoms with van der Waals surface area (Å²) in [6.45, 7) is 2.53. The van der Waals surface area contributed by atoms with E-state index >= 15 is 0 Å². The topological polar surface area (TPSA) is 43.8 Å². The molecule has 0 saturated heterocycles. The maximum atomic E-state index is 5.75. The number of hydrogen-bond acceptors (Lipinski definition) is 2. The lowest BCUT2D eigenvalue weighted by Crippen LogP contribution is -2.00. The van der Waals surface area contributed by atoms with E-state index in [9.17, 15) is 0 Å². The van der Waals surface area contributed by atoms with Gasteiger partial charge in [-0.25, -0.2) is 0 Å². The van der Waals surface area contributed by atoms with Crippen molar-refractivity contribution in [2.24, 2.45) is 12.8 Å². The van der Waals surface area contributed by atoms with Crippen LogP contribution in [0.15, 0.2) is 30.3 Å². The van der Waals surface area contributed by atoms with Crippen molar-refractivity contribution in [1.29, 1.82) is 0 Å². The molecule has 1 aromatic carbocycles. The molecule has 1 aromatic heterocycles. The fourth-order valence-electron chi connectivity index (χ4n) is 1.90. The van der Waals surface area contributed by atoms with Crippen molar-refractivity contribution in [1.82, 2.24) is 9.78 Å². The van der Waals surface area contributed by atoms with E-state index in [0.29, 0.717) is 6.54 Å². The van der Waals surface area contributed by atoms with Gasteiger partial charge in [0.1, 0.15) is 0 Å². The molecule has 15 heavy (non-hydrogen) atoms. The third-order valence-electron chi connectivity index (χ3n) is 2.60. The van der Waals surface area contributed by atoms with Crippen molar-refractivity contribution in [2.45, 2.75) is 13.5 Å². The molecule has 0 radical (unpaired) electrons. The molecule has 0 spiro atoms. The minimum atomic E-state index is 0.532. The van der Waals surface area contributed by atoms with Gasteiger partial charge in [-0.15, -0.1) is 0 Å². The van der Waals surface area contributed by atoms with Crippen LogP contribution in [0.5, 0.6) is 0 Å². The first kappa shape index (κ1) is 9.93. The van der Waals surface area contributed by atoms with Gasteiger partial charge in [-0.3, -0.25) is 4.68 Å². The highest BCUT2D eigenvalue weighted by Gasteiger charge is 2.12. The van der Waals surface area contributed by atoms with Gasteiger partial charge in [0.2, 0.25) is 0 Å². The summed E-state index contributed by atoms with van der Waals surface area (Å²) < 4.78 is 1.90. The summed E-state index contributed by atoms with van der Waals surface area (Å²) >= 11 is 0. The number of rotatable bonds is 2. The quantitative estimate of drug-likeness (QED) is 0.806. The second-order valence-electron chi connectivity index (χ2n) is 3.61. The van der Waals surface area contributed by atoms with E-state index in [0.717, 1.165) is 17.0 Å². The van der Waals surface area contributed by atoms with Crippen LogP contribution < -0.4 is 5.73 Å². The van der Waals surface area contributed by atoms with Crippen molar-refractivity contribution in [3.63, 3.8) is 0 Å². The normalized spacial score (nSPS) is 10.6. The van der Waals surface area contributed by atoms with E-state index < -0.39 is 0 Å². The molecule has 0 saturated carbocycles. The molecule has 0 unspecified atom stereocenters. The summed E-state index contributed by atoms with van der Waals surface area (Å²) in [4.78, 5) is 0. The molecule has 2 rings (SSSR count). The molecule has 2 aromatic rings. The van der Waals surface area contributed by atoms with Gasteiger partial charge in [-0.1, -0.05) is 30.3 Å². The van der Waals surface area contributed by atoms with Crippen LogP contribution in [0.25, 0.3) is 11.3 Å². The van der Waals surface area contributed by atoms with E-state index in [2.05, 4.69) is 17.2 Å². The Kier molecular flexibility index (Phi) is 2.56. The Hall–Kier alpha value is -1.61. The molecule has 2 N–H and O–H groups in total. The number of benzene rings is 1. The van der Waals surface area contributed by atoms with Crippen LogP contribution in [0.3, 0.4) is 0 Å². The second kappa shape index (κ2) is 3.87. The Morgan fingerprint density at radius 2 is 1.93 bits per heavy atom. The molecule has 0 bridgehead atoms. The van der Waals surface area contributed by atoms with Crippen LogP contribution >= 0.6 is 0 Å². The molecule has 3 heteroatoms. The number of nitrogens with two attached hydrogens (primary N) is 1. The van der Waals surface area contributed by atoms with Crippen LogP contribution in [-0.2, 0) is 13.6 Å². The highest BCUT2D eigenvalue weighted by atomic mass is 15.3. The van der Waals surface area contributed by atoms with Gasteiger partial charge >= 0.3 is 0 Å². The van der Waals surface area contributed by atoms with Gasteiger partial charge in [-0.05, 0) is 6.92 Å². The van der Waals surface area contributed by atoms with E-state index in [1.165, 1.54) is 5.56 Å². The van der Waals surface area contributed by atoms with Crippen molar-refractivity contribution in [3.8, 4) is 11.3 Å². The van der Waals surface area contributed by atoms with Gasteiger partial charge in [0.15, 0.2) is 0 Å². The minimum absolute atomic E-state index is 0.532. The predicted octanol–water partition coefficient (Wildman–Crippen LogP) is 1.85. The molecule has 78 valence electrons. The van der Waals surface area contributed by atoms with Crippen molar-refractivity contribution in [2.75, 3.05) is 0 Å². The monoisotopic (exact) mass is 201 g/mol. The Morgan fingerprint density at radius 3 is 2.53 bits per heavy atom. The third-order valence-corrected chi connectivity index (χ3v) is 2.60. The second-order valence-corrected chi connectivity index (χ2v) is 3.61. The third kappa shape index (κ3) is 1.66. The number of aryl methyl sites for hydroxylation is 2. The maximum Gasteiger partial charge on any atom is 0.0726 e. The summed E-state index contributed by atoms with van der Waals surface area (Å²) in [6.07, 6.45) is 0. The van der Waals surface area contributed by atoms with Gasteiger partial charge in [-0.2, -0.15) is 5.10 Å². The molecule has 3 nitrogen and oxygen atoms in total. The van der Waals surface area contributed by atoms with Gasteiger partial charge in [0, 0.05) is 24.7 Å². The summed E-state index contributed by atoms with van der Waals surface area (Å²) in [5.74, 6) is 0. The van der Waals surface area contributed by atoms with E-state index in [1.807, 2.05) is 36.9 Å². The zero-order chi connectivity index (χ0) is 10.8. The van der Waals surface area contributed by atoms with E-state index in [-0.39, 0.29) is 0 Å². The predicted molar refractivity (Wildman–Crippen MR) is 61.3 cm³/mol. The molecule has 1 heterocycles. The van der Waals surface area contributed by atoms with Gasteiger partial charge < -0.3 is 5.73 Å².